The number of benzene rings is 1. The van der Waals surface area contributed by atoms with Gasteiger partial charge in [-0.15, -0.1) is 11.3 Å². The lowest BCUT2D eigenvalue weighted by molar-refractivity contribution is -0.384. The van der Waals surface area contributed by atoms with Gasteiger partial charge in [-0.1, -0.05) is 26.0 Å². The summed E-state index contributed by atoms with van der Waals surface area (Å²) >= 11 is 1.51. The fourth-order valence-corrected chi connectivity index (χ4v) is 2.81. The normalized spacial score (nSPS) is 12.1. The van der Waals surface area contributed by atoms with Crippen molar-refractivity contribution in [2.45, 2.75) is 27.3 Å². The second-order valence-electron chi connectivity index (χ2n) is 5.02. The molecule has 0 fully saturated rings. The highest BCUT2D eigenvalue weighted by atomic mass is 32.1. The van der Waals surface area contributed by atoms with Gasteiger partial charge in [-0.3, -0.25) is 10.1 Å². The summed E-state index contributed by atoms with van der Waals surface area (Å²) in [5, 5.41) is 13.0. The molecule has 2 aromatic rings. The van der Waals surface area contributed by atoms with Crippen LogP contribution >= 0.6 is 11.3 Å². The van der Waals surface area contributed by atoms with Gasteiger partial charge < -0.3 is 4.57 Å². The first-order valence-electron chi connectivity index (χ1n) is 6.42. The smallest absolute Gasteiger partial charge is 0.294 e. The molecule has 106 valence electrons. The molecule has 0 spiro atoms. The van der Waals surface area contributed by atoms with Crippen molar-refractivity contribution in [2.24, 2.45) is 10.9 Å². The van der Waals surface area contributed by atoms with E-state index in [1.165, 1.54) is 17.4 Å². The summed E-state index contributed by atoms with van der Waals surface area (Å²) in [7, 11) is 0. The lowest BCUT2D eigenvalue weighted by atomic mass is 10.2. The van der Waals surface area contributed by atoms with Crippen molar-refractivity contribution in [3.05, 3.63) is 50.3 Å². The van der Waals surface area contributed by atoms with Crippen LogP contribution in [0.3, 0.4) is 0 Å². The van der Waals surface area contributed by atoms with E-state index in [1.54, 1.807) is 18.2 Å². The summed E-state index contributed by atoms with van der Waals surface area (Å²) in [6.07, 6.45) is 0. The van der Waals surface area contributed by atoms with Crippen LogP contribution in [0, 0.1) is 23.0 Å². The molecule has 5 nitrogen and oxygen atoms in total. The quantitative estimate of drug-likeness (QED) is 0.637. The van der Waals surface area contributed by atoms with Crippen molar-refractivity contribution in [1.82, 2.24) is 4.57 Å². The van der Waals surface area contributed by atoms with Crippen molar-refractivity contribution in [2.75, 3.05) is 0 Å². The van der Waals surface area contributed by atoms with E-state index in [-0.39, 0.29) is 5.69 Å². The summed E-state index contributed by atoms with van der Waals surface area (Å²) in [5.41, 5.74) is 1.56. The third kappa shape index (κ3) is 3.14. The van der Waals surface area contributed by atoms with Crippen LogP contribution in [0.15, 0.2) is 34.6 Å². The average molecular weight is 291 g/mol. The molecule has 20 heavy (non-hydrogen) atoms. The van der Waals surface area contributed by atoms with E-state index in [2.05, 4.69) is 23.4 Å². The van der Waals surface area contributed by atoms with Gasteiger partial charge >= 0.3 is 0 Å². The zero-order valence-electron chi connectivity index (χ0n) is 11.7. The second kappa shape index (κ2) is 6.00. The van der Waals surface area contributed by atoms with Gasteiger partial charge in [0.1, 0.15) is 5.69 Å². The largest absolute Gasteiger partial charge is 0.321 e. The number of nitro groups is 1. The maximum Gasteiger partial charge on any atom is 0.294 e. The van der Waals surface area contributed by atoms with Crippen LogP contribution in [0.25, 0.3) is 0 Å². The predicted octanol–water partition coefficient (Wildman–Crippen LogP) is 3.65. The minimum Gasteiger partial charge on any atom is -0.321 e. The van der Waals surface area contributed by atoms with Crippen LogP contribution in [0.4, 0.5) is 11.4 Å². The van der Waals surface area contributed by atoms with Crippen molar-refractivity contribution >= 4 is 22.7 Å². The Kier molecular flexibility index (Phi) is 4.34. The van der Waals surface area contributed by atoms with Crippen LogP contribution in [-0.2, 0) is 6.54 Å². The van der Waals surface area contributed by atoms with E-state index in [9.17, 15) is 10.1 Å². The number of hydrogen-bond acceptors (Lipinski definition) is 4. The Morgan fingerprint density at radius 2 is 2.10 bits per heavy atom. The molecule has 1 heterocycles. The molecular formula is C14H17N3O2S. The molecular weight excluding hydrogens is 274 g/mol. The number of thiazole rings is 1. The van der Waals surface area contributed by atoms with Crippen LogP contribution in [0.5, 0.6) is 0 Å². The number of aromatic nitrogens is 1. The van der Waals surface area contributed by atoms with Gasteiger partial charge in [-0.25, -0.2) is 4.99 Å². The Morgan fingerprint density at radius 1 is 1.40 bits per heavy atom. The molecule has 0 unspecified atom stereocenters. The third-order valence-electron chi connectivity index (χ3n) is 2.83. The van der Waals surface area contributed by atoms with E-state index in [0.717, 1.165) is 17.0 Å². The monoisotopic (exact) mass is 291 g/mol. The van der Waals surface area contributed by atoms with Crippen molar-refractivity contribution in [3.8, 4) is 0 Å². The van der Waals surface area contributed by atoms with Gasteiger partial charge in [0.2, 0.25) is 0 Å². The third-order valence-corrected chi connectivity index (χ3v) is 3.82. The molecule has 0 saturated heterocycles. The van der Waals surface area contributed by atoms with Gasteiger partial charge in [0, 0.05) is 23.7 Å². The number of nitro benzene ring substituents is 1. The highest BCUT2D eigenvalue weighted by Gasteiger charge is 2.12. The summed E-state index contributed by atoms with van der Waals surface area (Å²) in [4.78, 5) is 15.9. The van der Waals surface area contributed by atoms with Crippen molar-refractivity contribution in [3.63, 3.8) is 0 Å². The van der Waals surface area contributed by atoms with Crippen molar-refractivity contribution < 1.29 is 4.92 Å². The molecule has 0 atom stereocenters. The molecule has 0 radical (unpaired) electrons. The maximum atomic E-state index is 11.0. The molecule has 0 N–H and O–H groups in total. The minimum atomic E-state index is -0.397. The number of para-hydroxylation sites is 2. The van der Waals surface area contributed by atoms with Gasteiger partial charge in [-0.05, 0) is 18.9 Å². The van der Waals surface area contributed by atoms with E-state index in [0.29, 0.717) is 11.6 Å². The second-order valence-corrected chi connectivity index (χ2v) is 5.86. The first-order valence-corrected chi connectivity index (χ1v) is 7.30. The molecule has 0 aliphatic rings. The van der Waals surface area contributed by atoms with E-state index < -0.39 is 4.92 Å². The SMILES string of the molecule is Cc1csc(=Nc2ccccc2[N+](=O)[O-])n1CC(C)C. The molecule has 1 aromatic carbocycles. The van der Waals surface area contributed by atoms with Gasteiger partial charge in [0.05, 0.1) is 4.92 Å². The van der Waals surface area contributed by atoms with Crippen LogP contribution in [0.2, 0.25) is 0 Å². The Morgan fingerprint density at radius 3 is 2.75 bits per heavy atom. The maximum absolute atomic E-state index is 11.0. The average Bonchev–Trinajstić information content (AvgIpc) is 2.71. The molecule has 6 heteroatoms. The number of aryl methyl sites for hydroxylation is 1. The number of hydrogen-bond donors (Lipinski definition) is 0. The summed E-state index contributed by atoms with van der Waals surface area (Å²) in [5.74, 6) is 0.494. The Labute approximate surface area is 121 Å². The fraction of sp³-hybridized carbons (Fsp3) is 0.357. The first-order chi connectivity index (χ1) is 9.49. The van der Waals surface area contributed by atoms with Crippen LogP contribution in [0.1, 0.15) is 19.5 Å². The predicted molar refractivity (Wildman–Crippen MR) is 80.2 cm³/mol. The molecule has 0 aliphatic heterocycles. The Bertz CT molecular complexity index is 686. The molecule has 0 bridgehead atoms. The summed E-state index contributed by atoms with van der Waals surface area (Å²) < 4.78 is 2.10. The zero-order chi connectivity index (χ0) is 14.7. The first kappa shape index (κ1) is 14.5. The molecule has 2 rings (SSSR count). The zero-order valence-corrected chi connectivity index (χ0v) is 12.6. The summed E-state index contributed by atoms with van der Waals surface area (Å²) in [6, 6.07) is 6.57. The summed E-state index contributed by atoms with van der Waals surface area (Å²) in [6.45, 7) is 7.16. The lowest BCUT2D eigenvalue weighted by Crippen LogP contribution is -2.19. The van der Waals surface area contributed by atoms with Crippen LogP contribution in [-0.4, -0.2) is 9.49 Å². The topological polar surface area (TPSA) is 60.4 Å². The number of rotatable bonds is 4. The number of nitrogens with zero attached hydrogens (tertiary/aromatic N) is 3. The van der Waals surface area contributed by atoms with Crippen LogP contribution < -0.4 is 4.80 Å². The van der Waals surface area contributed by atoms with Gasteiger partial charge in [0.15, 0.2) is 4.80 Å². The highest BCUT2D eigenvalue weighted by Crippen LogP contribution is 2.25. The van der Waals surface area contributed by atoms with E-state index >= 15 is 0 Å². The van der Waals surface area contributed by atoms with Gasteiger partial charge in [0.25, 0.3) is 5.69 Å². The molecule has 0 amide bonds. The highest BCUT2D eigenvalue weighted by molar-refractivity contribution is 7.07. The standard InChI is InChI=1S/C14H17N3O2S/c1-10(2)8-16-11(3)9-20-14(16)15-12-6-4-5-7-13(12)17(18)19/h4-7,9-10H,8H2,1-3H3. The molecule has 1 aromatic heterocycles. The Balaban J connectivity index is 2.54. The minimum absolute atomic E-state index is 0.0367. The lowest BCUT2D eigenvalue weighted by Gasteiger charge is -2.08. The van der Waals surface area contributed by atoms with Gasteiger partial charge in [-0.2, -0.15) is 0 Å². The fourth-order valence-electron chi connectivity index (χ4n) is 1.91. The Hall–Kier alpha value is -1.95. The van der Waals surface area contributed by atoms with Crippen molar-refractivity contribution in [1.29, 1.82) is 0 Å². The molecule has 0 aliphatic carbocycles. The van der Waals surface area contributed by atoms with E-state index in [1.807, 2.05) is 12.3 Å². The molecule has 0 saturated carbocycles. The van der Waals surface area contributed by atoms with E-state index in [4.69, 9.17) is 0 Å².